The van der Waals surface area contributed by atoms with E-state index in [1.54, 1.807) is 24.3 Å². The van der Waals surface area contributed by atoms with Crippen LogP contribution in [0.5, 0.6) is 0 Å². The Balaban J connectivity index is 1.74. The highest BCUT2D eigenvalue weighted by molar-refractivity contribution is 5.83. The van der Waals surface area contributed by atoms with E-state index in [1.807, 2.05) is 31.2 Å². The number of aryl methyl sites for hydroxylation is 1. The third-order valence-corrected chi connectivity index (χ3v) is 5.87. The summed E-state index contributed by atoms with van der Waals surface area (Å²) in [5.74, 6) is -0.149. The lowest BCUT2D eigenvalue weighted by atomic mass is 9.78. The van der Waals surface area contributed by atoms with Crippen LogP contribution in [0.4, 0.5) is 8.78 Å². The molecule has 2 heteroatoms. The SMILES string of the molecule is CCc1ccc(/C(F)=C(\F)c2ccc(C3CCC(CC)CC3)cc2)cc1. The van der Waals surface area contributed by atoms with Gasteiger partial charge in [0.05, 0.1) is 0 Å². The summed E-state index contributed by atoms with van der Waals surface area (Å²) in [6.45, 7) is 4.30. The van der Waals surface area contributed by atoms with Gasteiger partial charge >= 0.3 is 0 Å². The van der Waals surface area contributed by atoms with Gasteiger partial charge in [-0.2, -0.15) is 0 Å². The lowest BCUT2D eigenvalue weighted by Crippen LogP contribution is -2.12. The maximum atomic E-state index is 14.6. The Morgan fingerprint density at radius 3 is 1.73 bits per heavy atom. The predicted molar refractivity (Wildman–Crippen MR) is 106 cm³/mol. The van der Waals surface area contributed by atoms with E-state index in [0.717, 1.165) is 17.9 Å². The predicted octanol–water partition coefficient (Wildman–Crippen LogP) is 7.70. The Hall–Kier alpha value is -1.96. The maximum absolute atomic E-state index is 14.6. The summed E-state index contributed by atoms with van der Waals surface area (Å²) in [6, 6.07) is 14.4. The van der Waals surface area contributed by atoms with Crippen LogP contribution in [0.3, 0.4) is 0 Å². The molecular weight excluding hydrogens is 326 g/mol. The molecule has 0 amide bonds. The van der Waals surface area contributed by atoms with E-state index in [4.69, 9.17) is 0 Å². The second-order valence-corrected chi connectivity index (χ2v) is 7.43. The Labute approximate surface area is 156 Å². The number of halogens is 2. The normalized spacial score (nSPS) is 21.4. The van der Waals surface area contributed by atoms with Gasteiger partial charge in [-0.3, -0.25) is 0 Å². The quantitative estimate of drug-likeness (QED) is 0.483. The van der Waals surface area contributed by atoms with Crippen molar-refractivity contribution in [2.45, 2.75) is 58.3 Å². The summed E-state index contributed by atoms with van der Waals surface area (Å²) in [5, 5.41) is 0. The third-order valence-electron chi connectivity index (χ3n) is 5.87. The first-order valence-corrected chi connectivity index (χ1v) is 9.87. The van der Waals surface area contributed by atoms with Gasteiger partial charge in [0.2, 0.25) is 0 Å². The Bertz CT molecular complexity index is 733. The minimum absolute atomic E-state index is 0.293. The van der Waals surface area contributed by atoms with E-state index in [9.17, 15) is 8.78 Å². The van der Waals surface area contributed by atoms with Gasteiger partial charge in [-0.15, -0.1) is 0 Å². The fourth-order valence-corrected chi connectivity index (χ4v) is 3.95. The molecule has 3 rings (SSSR count). The second-order valence-electron chi connectivity index (χ2n) is 7.43. The second kappa shape index (κ2) is 8.62. The first-order valence-electron chi connectivity index (χ1n) is 9.87. The van der Waals surface area contributed by atoms with Crippen LogP contribution in [0.2, 0.25) is 0 Å². The van der Waals surface area contributed by atoms with Crippen LogP contribution in [0.15, 0.2) is 48.5 Å². The molecule has 1 aliphatic carbocycles. The number of hydrogen-bond acceptors (Lipinski definition) is 0. The van der Waals surface area contributed by atoms with Gasteiger partial charge in [0.25, 0.3) is 0 Å². The fourth-order valence-electron chi connectivity index (χ4n) is 3.95. The van der Waals surface area contributed by atoms with Crippen molar-refractivity contribution in [2.24, 2.45) is 5.92 Å². The number of benzene rings is 2. The first kappa shape index (κ1) is 18.8. The Kier molecular flexibility index (Phi) is 6.24. The zero-order chi connectivity index (χ0) is 18.5. The zero-order valence-electron chi connectivity index (χ0n) is 15.8. The molecule has 0 bridgehead atoms. The van der Waals surface area contributed by atoms with Gasteiger partial charge in [-0.05, 0) is 55.1 Å². The molecule has 0 spiro atoms. The van der Waals surface area contributed by atoms with E-state index in [0.29, 0.717) is 17.0 Å². The van der Waals surface area contributed by atoms with Crippen molar-refractivity contribution in [1.82, 2.24) is 0 Å². The Morgan fingerprint density at radius 1 is 0.769 bits per heavy atom. The van der Waals surface area contributed by atoms with Crippen LogP contribution in [0.1, 0.15) is 74.1 Å². The van der Waals surface area contributed by atoms with Crippen molar-refractivity contribution in [1.29, 1.82) is 0 Å². The highest BCUT2D eigenvalue weighted by Crippen LogP contribution is 2.37. The summed E-state index contributed by atoms with van der Waals surface area (Å²) in [7, 11) is 0. The molecule has 0 N–H and O–H groups in total. The molecule has 1 aliphatic rings. The van der Waals surface area contributed by atoms with Crippen LogP contribution < -0.4 is 0 Å². The third kappa shape index (κ3) is 4.23. The van der Waals surface area contributed by atoms with Crippen LogP contribution >= 0.6 is 0 Å². The molecule has 0 aromatic heterocycles. The summed E-state index contributed by atoms with van der Waals surface area (Å²) >= 11 is 0. The van der Waals surface area contributed by atoms with E-state index >= 15 is 0 Å². The molecule has 2 aromatic rings. The van der Waals surface area contributed by atoms with Gasteiger partial charge < -0.3 is 0 Å². The topological polar surface area (TPSA) is 0 Å². The van der Waals surface area contributed by atoms with Gasteiger partial charge in [0.1, 0.15) is 0 Å². The molecule has 26 heavy (non-hydrogen) atoms. The molecule has 138 valence electrons. The average molecular weight is 354 g/mol. The van der Waals surface area contributed by atoms with Crippen molar-refractivity contribution in [3.8, 4) is 0 Å². The van der Waals surface area contributed by atoms with Crippen LogP contribution in [0.25, 0.3) is 11.7 Å². The van der Waals surface area contributed by atoms with Crippen molar-refractivity contribution in [3.05, 3.63) is 70.8 Å². The molecule has 0 saturated heterocycles. The van der Waals surface area contributed by atoms with Gasteiger partial charge in [-0.1, -0.05) is 68.8 Å². The minimum atomic E-state index is -0.788. The van der Waals surface area contributed by atoms with E-state index in [-0.39, 0.29) is 0 Å². The first-order chi connectivity index (χ1) is 12.6. The highest BCUT2D eigenvalue weighted by atomic mass is 19.2. The molecule has 0 heterocycles. The fraction of sp³-hybridized carbons (Fsp3) is 0.417. The van der Waals surface area contributed by atoms with Crippen molar-refractivity contribution >= 4 is 11.7 Å². The Morgan fingerprint density at radius 2 is 1.27 bits per heavy atom. The van der Waals surface area contributed by atoms with E-state index in [1.165, 1.54) is 37.7 Å². The highest BCUT2D eigenvalue weighted by Gasteiger charge is 2.21. The van der Waals surface area contributed by atoms with Gasteiger partial charge in [0, 0.05) is 11.1 Å². The van der Waals surface area contributed by atoms with Crippen molar-refractivity contribution < 1.29 is 8.78 Å². The summed E-state index contributed by atoms with van der Waals surface area (Å²) in [6.07, 6.45) is 7.11. The monoisotopic (exact) mass is 354 g/mol. The number of hydrogen-bond donors (Lipinski definition) is 0. The van der Waals surface area contributed by atoms with Gasteiger partial charge in [0.15, 0.2) is 11.7 Å². The van der Waals surface area contributed by atoms with Crippen molar-refractivity contribution in [3.63, 3.8) is 0 Å². The van der Waals surface area contributed by atoms with E-state index < -0.39 is 11.7 Å². The summed E-state index contributed by atoms with van der Waals surface area (Å²) < 4.78 is 29.1. The zero-order valence-corrected chi connectivity index (χ0v) is 15.8. The molecule has 0 unspecified atom stereocenters. The largest absolute Gasteiger partial charge is 0.203 e. The average Bonchev–Trinajstić information content (AvgIpc) is 2.73. The summed E-state index contributed by atoms with van der Waals surface area (Å²) in [5.41, 5.74) is 2.97. The smallest absolute Gasteiger partial charge is 0.166 e. The van der Waals surface area contributed by atoms with Gasteiger partial charge in [-0.25, -0.2) is 8.78 Å². The molecule has 1 saturated carbocycles. The lowest BCUT2D eigenvalue weighted by molar-refractivity contribution is 0.319. The molecule has 0 aliphatic heterocycles. The van der Waals surface area contributed by atoms with Crippen LogP contribution in [-0.2, 0) is 6.42 Å². The molecule has 1 fully saturated rings. The standard InChI is InChI=1S/C24H28F2/c1-3-17-5-9-19(10-6-17)20-13-15-22(16-14-20)24(26)23(25)21-11-7-18(4-2)8-12-21/h7-8,11-17,19H,3-6,9-10H2,1-2H3/b24-23+. The van der Waals surface area contributed by atoms with Crippen molar-refractivity contribution in [2.75, 3.05) is 0 Å². The molecular formula is C24H28F2. The molecule has 0 radical (unpaired) electrons. The molecule has 0 atom stereocenters. The minimum Gasteiger partial charge on any atom is -0.203 e. The number of rotatable bonds is 5. The van der Waals surface area contributed by atoms with Crippen LogP contribution in [-0.4, -0.2) is 0 Å². The van der Waals surface area contributed by atoms with E-state index in [2.05, 4.69) is 6.92 Å². The summed E-state index contributed by atoms with van der Waals surface area (Å²) in [4.78, 5) is 0. The van der Waals surface area contributed by atoms with Crippen LogP contribution in [0, 0.1) is 5.92 Å². The maximum Gasteiger partial charge on any atom is 0.166 e. The lowest BCUT2D eigenvalue weighted by Gasteiger charge is -2.28. The molecule has 2 aromatic carbocycles. The molecule has 0 nitrogen and oxygen atoms in total.